The average molecular weight is 694 g/mol. The summed E-state index contributed by atoms with van der Waals surface area (Å²) in [5.41, 5.74) is -0.276. The second-order valence-corrected chi connectivity index (χ2v) is 14.7. The smallest absolute Gasteiger partial charge is 0.310 e. The third-order valence-electron chi connectivity index (χ3n) is 7.35. The lowest BCUT2D eigenvalue weighted by molar-refractivity contribution is -0.141. The Kier molecular flexibility index (Phi) is 11.0. The Morgan fingerprint density at radius 1 is 1.09 bits per heavy atom. The predicted molar refractivity (Wildman–Crippen MR) is 165 cm³/mol. The Morgan fingerprint density at radius 2 is 1.70 bits per heavy atom. The fourth-order valence-electron chi connectivity index (χ4n) is 4.86. The van der Waals surface area contributed by atoms with Gasteiger partial charge in [-0.1, -0.05) is 25.5 Å². The van der Waals surface area contributed by atoms with Crippen molar-refractivity contribution in [1.29, 1.82) is 0 Å². The highest BCUT2D eigenvalue weighted by molar-refractivity contribution is 8.45. The van der Waals surface area contributed by atoms with Crippen LogP contribution >= 0.6 is 10.2 Å². The van der Waals surface area contributed by atoms with Crippen LogP contribution in [-0.4, -0.2) is 97.1 Å². The standard InChI is InChI=1S/C25H30F5N5O4S.C5H10O2/c1-33-16-22(36)34(2)15-21(33)25(38)35(19-5-7-20(8-6-19)40(26,27,28,29)30)23(17-4-3-11-31-14-17)24(37)32-18-9-12-39-13-10-18;1-5(2,3)7-4-6/h3-8,11,14,18,21,23H,9-10,12-13,15-16H2,1-2H3,(H,32,37);4H,1-3H3. The molecular formula is C30H40F5N5O6S. The quantitative estimate of drug-likeness (QED) is 0.308. The zero-order valence-corrected chi connectivity index (χ0v) is 27.5. The molecule has 3 amide bonds. The van der Waals surface area contributed by atoms with Crippen molar-refractivity contribution < 1.29 is 48.1 Å². The number of anilines is 1. The number of nitrogens with zero attached hydrogens (tertiary/aromatic N) is 4. The van der Waals surface area contributed by atoms with Gasteiger partial charge in [-0.15, -0.1) is 0 Å². The van der Waals surface area contributed by atoms with Crippen molar-refractivity contribution in [1.82, 2.24) is 20.1 Å². The van der Waals surface area contributed by atoms with Crippen LogP contribution in [0.1, 0.15) is 45.2 Å². The van der Waals surface area contributed by atoms with Crippen LogP contribution in [0.4, 0.5) is 25.1 Å². The van der Waals surface area contributed by atoms with Gasteiger partial charge in [0.2, 0.25) is 17.7 Å². The molecule has 3 heterocycles. The lowest BCUT2D eigenvalue weighted by atomic mass is 10.0. The van der Waals surface area contributed by atoms with Gasteiger partial charge in [-0.25, -0.2) is 0 Å². The van der Waals surface area contributed by atoms with Crippen LogP contribution in [0.15, 0.2) is 53.7 Å². The number of halogens is 5. The minimum atomic E-state index is -10.00. The first-order chi connectivity index (χ1) is 21.6. The minimum absolute atomic E-state index is 0.0600. The Hall–Kier alpha value is -3.83. The van der Waals surface area contributed by atoms with Crippen molar-refractivity contribution in [3.8, 4) is 0 Å². The van der Waals surface area contributed by atoms with E-state index in [1.807, 2.05) is 20.8 Å². The number of carbonyl (C=O) groups excluding carboxylic acids is 4. The zero-order valence-electron chi connectivity index (χ0n) is 26.7. The SMILES string of the molecule is CC(C)(C)OC=O.CN1CC(C(=O)N(c2ccc(S(F)(F)(F)(F)F)cc2)C(C(=O)NC2CCOCC2)c2cccnc2)N(C)CC1=O. The largest absolute Gasteiger partial charge is 0.462 e. The lowest BCUT2D eigenvalue weighted by Crippen LogP contribution is -2.61. The molecule has 2 aromatic rings. The van der Waals surface area contributed by atoms with Crippen LogP contribution in [0.3, 0.4) is 0 Å². The van der Waals surface area contributed by atoms with Crippen molar-refractivity contribution in [2.24, 2.45) is 0 Å². The summed E-state index contributed by atoms with van der Waals surface area (Å²) in [6, 6.07) is 2.28. The van der Waals surface area contributed by atoms with Gasteiger partial charge in [0.15, 0.2) is 0 Å². The summed E-state index contributed by atoms with van der Waals surface area (Å²) < 4.78 is 77.2. The average Bonchev–Trinajstić information content (AvgIpc) is 2.97. The van der Waals surface area contributed by atoms with E-state index in [4.69, 9.17) is 4.74 Å². The first-order valence-corrected chi connectivity index (χ1v) is 16.6. The second-order valence-electron chi connectivity index (χ2n) is 12.3. The number of ether oxygens (including phenoxy) is 2. The summed E-state index contributed by atoms with van der Waals surface area (Å²) in [7, 11) is -6.97. The molecule has 4 rings (SSSR count). The summed E-state index contributed by atoms with van der Waals surface area (Å²) in [6.07, 6.45) is 3.81. The van der Waals surface area contributed by atoms with Crippen LogP contribution in [0, 0.1) is 0 Å². The van der Waals surface area contributed by atoms with E-state index in [2.05, 4.69) is 15.0 Å². The molecule has 0 bridgehead atoms. The third kappa shape index (κ3) is 10.6. The maximum Gasteiger partial charge on any atom is 0.310 e. The van der Waals surface area contributed by atoms with Gasteiger partial charge in [0, 0.05) is 56.5 Å². The molecule has 2 aliphatic rings. The molecule has 0 spiro atoms. The van der Waals surface area contributed by atoms with Crippen molar-refractivity contribution >= 4 is 40.1 Å². The van der Waals surface area contributed by atoms with Gasteiger partial charge in [-0.05, 0) is 71.0 Å². The van der Waals surface area contributed by atoms with E-state index in [9.17, 15) is 38.6 Å². The number of piperazine rings is 1. The van der Waals surface area contributed by atoms with E-state index in [1.54, 1.807) is 0 Å². The van der Waals surface area contributed by atoms with E-state index >= 15 is 0 Å². The maximum atomic E-state index is 14.1. The Labute approximate surface area is 270 Å². The molecule has 0 aliphatic carbocycles. The van der Waals surface area contributed by atoms with Crippen molar-refractivity contribution in [3.05, 3.63) is 54.4 Å². The van der Waals surface area contributed by atoms with E-state index in [1.165, 1.54) is 48.4 Å². The second kappa shape index (κ2) is 13.7. The fraction of sp³-hybridized carbons (Fsp3) is 0.500. The highest BCUT2D eigenvalue weighted by Crippen LogP contribution is 3.02. The molecule has 262 valence electrons. The maximum absolute atomic E-state index is 14.1. The third-order valence-corrected chi connectivity index (χ3v) is 8.51. The summed E-state index contributed by atoms with van der Waals surface area (Å²) in [5, 5.41) is 2.89. The normalized spacial score (nSPS) is 20.1. The molecule has 1 aromatic carbocycles. The van der Waals surface area contributed by atoms with Gasteiger partial charge in [0.25, 0.3) is 6.47 Å². The molecular weight excluding hydrogens is 653 g/mol. The van der Waals surface area contributed by atoms with Gasteiger partial charge in [0.05, 0.1) is 6.54 Å². The number of likely N-dealkylation sites (N-methyl/N-ethyl adjacent to an activating group) is 2. The van der Waals surface area contributed by atoms with Gasteiger partial charge in [-0.3, -0.25) is 34.0 Å². The molecule has 1 aromatic heterocycles. The molecule has 1 N–H and O–H groups in total. The molecule has 0 radical (unpaired) electrons. The van der Waals surface area contributed by atoms with Crippen molar-refractivity contribution in [3.63, 3.8) is 0 Å². The highest BCUT2D eigenvalue weighted by atomic mass is 32.5. The molecule has 2 unspecified atom stereocenters. The van der Waals surface area contributed by atoms with Gasteiger partial charge < -0.3 is 19.7 Å². The molecule has 2 atom stereocenters. The van der Waals surface area contributed by atoms with Gasteiger partial charge in [0.1, 0.15) is 22.6 Å². The molecule has 2 fully saturated rings. The van der Waals surface area contributed by atoms with E-state index in [0.717, 1.165) is 17.0 Å². The van der Waals surface area contributed by atoms with E-state index in [-0.39, 0.29) is 54.0 Å². The number of nitrogens with one attached hydrogen (secondary N) is 1. The van der Waals surface area contributed by atoms with Gasteiger partial charge in [-0.2, -0.15) is 0 Å². The molecule has 2 aliphatic heterocycles. The highest BCUT2D eigenvalue weighted by Gasteiger charge is 2.65. The summed E-state index contributed by atoms with van der Waals surface area (Å²) in [4.78, 5) is 55.4. The van der Waals surface area contributed by atoms with Crippen LogP contribution in [0.2, 0.25) is 0 Å². The minimum Gasteiger partial charge on any atom is -0.462 e. The summed E-state index contributed by atoms with van der Waals surface area (Å²) in [6.45, 7) is 6.57. The van der Waals surface area contributed by atoms with E-state index in [0.29, 0.717) is 32.5 Å². The number of hydrogen-bond donors (Lipinski definition) is 1. The Bertz CT molecular complexity index is 1420. The van der Waals surface area contributed by atoms with Crippen molar-refractivity contribution in [2.75, 3.05) is 45.3 Å². The number of carbonyl (C=O) groups is 4. The molecule has 2 saturated heterocycles. The fourth-order valence-corrected chi connectivity index (χ4v) is 5.51. The first-order valence-electron chi connectivity index (χ1n) is 14.6. The van der Waals surface area contributed by atoms with Crippen LogP contribution in [-0.2, 0) is 28.7 Å². The lowest BCUT2D eigenvalue weighted by Gasteiger charge is -2.42. The molecule has 0 saturated carbocycles. The first kappa shape index (κ1) is 37.6. The zero-order chi connectivity index (χ0) is 35.3. The summed E-state index contributed by atoms with van der Waals surface area (Å²) >= 11 is 0. The number of benzene rings is 1. The number of pyridine rings is 1. The molecule has 17 heteroatoms. The van der Waals surface area contributed by atoms with Gasteiger partial charge >= 0.3 is 10.2 Å². The van der Waals surface area contributed by atoms with Crippen molar-refractivity contribution in [2.45, 2.75) is 62.2 Å². The molecule has 47 heavy (non-hydrogen) atoms. The molecule has 11 nitrogen and oxygen atoms in total. The summed E-state index contributed by atoms with van der Waals surface area (Å²) in [5.74, 6) is -1.59. The predicted octanol–water partition coefficient (Wildman–Crippen LogP) is 4.84. The van der Waals surface area contributed by atoms with Crippen LogP contribution in [0.25, 0.3) is 0 Å². The number of hydrogen-bond acceptors (Lipinski definition) is 8. The van der Waals surface area contributed by atoms with Crippen LogP contribution < -0.4 is 10.2 Å². The number of amides is 3. The Balaban J connectivity index is 0.000000771. The van der Waals surface area contributed by atoms with E-state index < -0.39 is 39.0 Å². The monoisotopic (exact) mass is 693 g/mol. The number of rotatable bonds is 8. The number of aromatic nitrogens is 1. The topological polar surface area (TPSA) is 121 Å². The Morgan fingerprint density at radius 3 is 2.19 bits per heavy atom. The van der Waals surface area contributed by atoms with Crippen LogP contribution in [0.5, 0.6) is 0 Å².